The predicted octanol–water partition coefficient (Wildman–Crippen LogP) is 15.7. The quantitative estimate of drug-likeness (QED) is 0.163. The number of benzene rings is 11. The summed E-state index contributed by atoms with van der Waals surface area (Å²) in [7, 11) is 0. The number of nitrogens with zero attached hydrogens (tertiary/aromatic N) is 3. The van der Waals surface area contributed by atoms with E-state index >= 15 is 0 Å². The Morgan fingerprint density at radius 2 is 0.613 bits per heavy atom. The Hall–Kier alpha value is -8.27. The van der Waals surface area contributed by atoms with Gasteiger partial charge in [-0.25, -0.2) is 15.0 Å². The zero-order valence-electron chi connectivity index (χ0n) is 33.5. The number of hydrogen-bond donors (Lipinski definition) is 0. The molecule has 0 bridgehead atoms. The molecule has 286 valence electrons. The molecule has 1 heterocycles. The van der Waals surface area contributed by atoms with Crippen LogP contribution in [0.2, 0.25) is 0 Å². The summed E-state index contributed by atoms with van der Waals surface area (Å²) in [6.07, 6.45) is 0. The molecule has 3 nitrogen and oxygen atoms in total. The first-order chi connectivity index (χ1) is 30.7. The van der Waals surface area contributed by atoms with E-state index in [1.54, 1.807) is 0 Å². The van der Waals surface area contributed by atoms with Crippen molar-refractivity contribution in [3.8, 4) is 56.4 Å². The first-order valence-corrected chi connectivity index (χ1v) is 21.2. The maximum atomic E-state index is 5.21. The highest BCUT2D eigenvalue weighted by molar-refractivity contribution is 6.37. The summed E-state index contributed by atoms with van der Waals surface area (Å²) in [4.78, 5) is 15.4. The van der Waals surface area contributed by atoms with Gasteiger partial charge in [-0.3, -0.25) is 0 Å². The number of hydrogen-bond acceptors (Lipinski definition) is 3. The molecular weight excluding hydrogens is 751 g/mol. The molecule has 0 unspecified atom stereocenters. The van der Waals surface area contributed by atoms with Crippen molar-refractivity contribution in [3.63, 3.8) is 0 Å². The minimum Gasteiger partial charge on any atom is -0.208 e. The first-order valence-electron chi connectivity index (χ1n) is 21.2. The van der Waals surface area contributed by atoms with Crippen LogP contribution in [0, 0.1) is 0 Å². The maximum Gasteiger partial charge on any atom is 0.164 e. The predicted molar refractivity (Wildman–Crippen MR) is 261 cm³/mol. The normalized spacial score (nSPS) is 11.9. The van der Waals surface area contributed by atoms with E-state index in [1.165, 1.54) is 75.8 Å². The van der Waals surface area contributed by atoms with Crippen molar-refractivity contribution >= 4 is 75.4 Å². The van der Waals surface area contributed by atoms with Crippen LogP contribution in [0.15, 0.2) is 212 Å². The van der Waals surface area contributed by atoms with Crippen molar-refractivity contribution in [2.75, 3.05) is 0 Å². The van der Waals surface area contributed by atoms with E-state index in [1.807, 2.05) is 24.3 Å². The molecule has 0 amide bonds. The fraction of sp³-hybridized carbons (Fsp3) is 0. The van der Waals surface area contributed by atoms with E-state index in [9.17, 15) is 0 Å². The molecule has 3 heteroatoms. The lowest BCUT2D eigenvalue weighted by Gasteiger charge is -2.18. The van der Waals surface area contributed by atoms with Crippen molar-refractivity contribution < 1.29 is 0 Å². The molecule has 0 fully saturated rings. The van der Waals surface area contributed by atoms with Crippen LogP contribution < -0.4 is 0 Å². The summed E-state index contributed by atoms with van der Waals surface area (Å²) in [5.74, 6) is 1.92. The van der Waals surface area contributed by atoms with E-state index in [2.05, 4.69) is 188 Å². The molecule has 13 rings (SSSR count). The molecule has 0 saturated carbocycles. The Kier molecular flexibility index (Phi) is 7.60. The molecule has 13 aromatic rings. The smallest absolute Gasteiger partial charge is 0.164 e. The molecule has 0 aliphatic heterocycles. The third-order valence-corrected chi connectivity index (χ3v) is 12.8. The molecule has 0 aliphatic carbocycles. The van der Waals surface area contributed by atoms with Crippen LogP contribution in [0.5, 0.6) is 0 Å². The summed E-state index contributed by atoms with van der Waals surface area (Å²) in [5.41, 5.74) is 7.50. The number of aromatic nitrogens is 3. The summed E-state index contributed by atoms with van der Waals surface area (Å²) in [6.45, 7) is 0. The molecule has 0 aliphatic rings. The van der Waals surface area contributed by atoms with Crippen molar-refractivity contribution in [1.29, 1.82) is 0 Å². The Morgan fingerprint density at radius 1 is 0.210 bits per heavy atom. The Labute approximate surface area is 357 Å². The monoisotopic (exact) mass is 785 g/mol. The van der Waals surface area contributed by atoms with E-state index in [-0.39, 0.29) is 0 Å². The Morgan fingerprint density at radius 3 is 1.21 bits per heavy atom. The van der Waals surface area contributed by atoms with Crippen LogP contribution in [0.25, 0.3) is 132 Å². The van der Waals surface area contributed by atoms with Gasteiger partial charge < -0.3 is 0 Å². The summed E-state index contributed by atoms with van der Waals surface area (Å²) >= 11 is 0. The summed E-state index contributed by atoms with van der Waals surface area (Å²) in [6, 6.07) is 76.6. The van der Waals surface area contributed by atoms with Crippen molar-refractivity contribution in [1.82, 2.24) is 15.0 Å². The largest absolute Gasteiger partial charge is 0.208 e. The van der Waals surface area contributed by atoms with Gasteiger partial charge in [0.25, 0.3) is 0 Å². The number of fused-ring (bicyclic) bond motifs is 3. The average Bonchev–Trinajstić information content (AvgIpc) is 3.35. The fourth-order valence-corrected chi connectivity index (χ4v) is 9.97. The van der Waals surface area contributed by atoms with Gasteiger partial charge in [0.1, 0.15) is 0 Å². The standard InChI is InChI=1S/C59H35N3/c1-3-12-36(13-4-1)37-24-29-42(30-25-37)58-60-57(41-14-5-2-6-15-41)61-59(62-58)51-33-32-45(46-19-7-8-20-47(46)51)44-34-43-31-28-40-17-10-22-49-48-21-9-16-38-26-27-39-18-11-23-50(55(39)53(38)48)52(35-44)56(43)54(40)49/h1-35H. The molecule has 1 aromatic heterocycles. The molecule has 0 spiro atoms. The van der Waals surface area contributed by atoms with E-state index in [4.69, 9.17) is 15.0 Å². The molecule has 0 radical (unpaired) electrons. The second kappa shape index (κ2) is 13.6. The molecule has 0 N–H and O–H groups in total. The Balaban J connectivity index is 1.05. The van der Waals surface area contributed by atoms with Crippen molar-refractivity contribution in [2.45, 2.75) is 0 Å². The fourth-order valence-electron chi connectivity index (χ4n) is 9.97. The minimum absolute atomic E-state index is 0.639. The van der Waals surface area contributed by atoms with Crippen LogP contribution >= 0.6 is 0 Å². The lowest BCUT2D eigenvalue weighted by molar-refractivity contribution is 1.08. The van der Waals surface area contributed by atoms with Crippen LogP contribution in [-0.4, -0.2) is 15.0 Å². The topological polar surface area (TPSA) is 38.7 Å². The third-order valence-electron chi connectivity index (χ3n) is 12.8. The van der Waals surface area contributed by atoms with E-state index < -0.39 is 0 Å². The van der Waals surface area contributed by atoms with E-state index in [0.717, 1.165) is 38.6 Å². The molecule has 12 aromatic carbocycles. The summed E-state index contributed by atoms with van der Waals surface area (Å²) < 4.78 is 0. The van der Waals surface area contributed by atoms with Crippen LogP contribution in [0.4, 0.5) is 0 Å². The van der Waals surface area contributed by atoms with Crippen molar-refractivity contribution in [3.05, 3.63) is 212 Å². The van der Waals surface area contributed by atoms with Crippen LogP contribution in [0.1, 0.15) is 0 Å². The maximum absolute atomic E-state index is 5.21. The lowest BCUT2D eigenvalue weighted by atomic mass is 9.86. The highest BCUT2D eigenvalue weighted by atomic mass is 15.0. The highest BCUT2D eigenvalue weighted by Crippen LogP contribution is 2.45. The first kappa shape index (κ1) is 34.6. The number of rotatable bonds is 5. The minimum atomic E-state index is 0.639. The van der Waals surface area contributed by atoms with Gasteiger partial charge >= 0.3 is 0 Å². The zero-order chi connectivity index (χ0) is 40.7. The molecule has 62 heavy (non-hydrogen) atoms. The average molecular weight is 786 g/mol. The molecule has 0 saturated heterocycles. The van der Waals surface area contributed by atoms with Crippen LogP contribution in [0.3, 0.4) is 0 Å². The van der Waals surface area contributed by atoms with Gasteiger partial charge in [0, 0.05) is 16.7 Å². The van der Waals surface area contributed by atoms with Crippen molar-refractivity contribution in [2.24, 2.45) is 0 Å². The zero-order valence-corrected chi connectivity index (χ0v) is 33.5. The lowest BCUT2D eigenvalue weighted by Crippen LogP contribution is -2.00. The second-order valence-corrected chi connectivity index (χ2v) is 16.3. The highest BCUT2D eigenvalue weighted by Gasteiger charge is 2.19. The molecule has 0 atom stereocenters. The molecular formula is C59H35N3. The van der Waals surface area contributed by atoms with Gasteiger partial charge in [0.2, 0.25) is 0 Å². The van der Waals surface area contributed by atoms with Gasteiger partial charge in [-0.05, 0) is 116 Å². The van der Waals surface area contributed by atoms with Crippen LogP contribution in [-0.2, 0) is 0 Å². The van der Waals surface area contributed by atoms with Gasteiger partial charge in [0.15, 0.2) is 17.5 Å². The Bertz CT molecular complexity index is 3890. The van der Waals surface area contributed by atoms with E-state index in [0.29, 0.717) is 17.5 Å². The van der Waals surface area contributed by atoms with Gasteiger partial charge in [-0.15, -0.1) is 0 Å². The second-order valence-electron chi connectivity index (χ2n) is 16.3. The summed E-state index contributed by atoms with van der Waals surface area (Å²) in [5, 5.41) is 17.5. The van der Waals surface area contributed by atoms with Gasteiger partial charge in [-0.2, -0.15) is 0 Å². The van der Waals surface area contributed by atoms with Gasteiger partial charge in [-0.1, -0.05) is 194 Å². The van der Waals surface area contributed by atoms with Gasteiger partial charge in [0.05, 0.1) is 0 Å². The third kappa shape index (κ3) is 5.35. The SMILES string of the molecule is c1ccc(-c2ccc(-c3nc(-c4ccccc4)nc(-c4ccc(-c5cc6ccc7cccc8c9cccc%10ccc%11cccc(c(c5)c6c78)c%11c%109)c5ccccc45)n3)cc2)cc1.